The molecule has 65 heavy (non-hydrogen) atoms. The van der Waals surface area contributed by atoms with Gasteiger partial charge >= 0.3 is 0 Å². The zero-order valence-electron chi connectivity index (χ0n) is 37.3. The lowest BCUT2D eigenvalue weighted by molar-refractivity contribution is 0.376. The zero-order chi connectivity index (χ0) is 46.9. The Hall–Kier alpha value is -6.01. The third-order valence-corrected chi connectivity index (χ3v) is 15.7. The minimum Gasteiger partial charge on any atom is -0.494 e. The lowest BCUT2D eigenvalue weighted by Gasteiger charge is -2.36. The standard InChI is InChI=1S/C24H26N4O3S.C21H20N4O.C3H7ClO2S/c1-17(2)32(29,30)28-14-12-27(13-15-28)22-16-26-23-20(6-5-7-21(23)24(22)31-4)18-8-10-19(25-3)11-9-18;1-22-16-8-6-15(7-9-16)17-4-3-5-18-20(17)24-14-19(21(18)26-2)25-12-10-23-11-13-25;1-3(2)7(4,5)6/h5-11,16-17H,12-15H2,1-2,4H3;3-9,14,23H,10-13H2,2H3;3H,1-2H3. The number of pyridine rings is 2. The average Bonchev–Trinajstić information content (AvgIpc) is 3.33. The normalized spacial score (nSPS) is 14.5. The summed E-state index contributed by atoms with van der Waals surface area (Å²) in [6.07, 6.45) is 3.73. The summed E-state index contributed by atoms with van der Waals surface area (Å²) >= 11 is 0. The molecule has 340 valence electrons. The number of benzene rings is 4. The number of nitrogens with one attached hydrogen (secondary N) is 1. The Morgan fingerprint density at radius 3 is 1.37 bits per heavy atom. The smallest absolute Gasteiger partial charge is 0.234 e. The third-order valence-electron chi connectivity index (χ3n) is 11.2. The molecule has 2 saturated heterocycles. The van der Waals surface area contributed by atoms with Crippen LogP contribution in [0.5, 0.6) is 11.5 Å². The van der Waals surface area contributed by atoms with Gasteiger partial charge in [0.05, 0.1) is 72.7 Å². The van der Waals surface area contributed by atoms with Gasteiger partial charge in [0.2, 0.25) is 19.1 Å². The van der Waals surface area contributed by atoms with Gasteiger partial charge in [-0.2, -0.15) is 4.31 Å². The molecule has 4 heterocycles. The number of nitrogens with zero attached hydrogens (tertiary/aromatic N) is 7. The van der Waals surface area contributed by atoms with Gasteiger partial charge in [-0.1, -0.05) is 72.8 Å². The fourth-order valence-corrected chi connectivity index (χ4v) is 8.81. The van der Waals surface area contributed by atoms with E-state index in [-0.39, 0.29) is 0 Å². The molecule has 17 heteroatoms. The first-order chi connectivity index (χ1) is 31.1. The second kappa shape index (κ2) is 21.3. The molecular formula is C48H53ClN8O6S2. The number of fused-ring (bicyclic) bond motifs is 2. The quantitative estimate of drug-likeness (QED) is 0.110. The Kier molecular flexibility index (Phi) is 15.9. The van der Waals surface area contributed by atoms with Crippen molar-refractivity contribution in [2.45, 2.75) is 38.2 Å². The number of anilines is 2. The molecule has 0 bridgehead atoms. The summed E-state index contributed by atoms with van der Waals surface area (Å²) in [5.74, 6) is 1.60. The van der Waals surface area contributed by atoms with E-state index >= 15 is 0 Å². The molecule has 0 unspecified atom stereocenters. The number of methoxy groups -OCH3 is 2. The highest BCUT2D eigenvalue weighted by Gasteiger charge is 2.31. The maximum absolute atomic E-state index is 12.5. The summed E-state index contributed by atoms with van der Waals surface area (Å²) in [6, 6.07) is 27.2. The molecule has 2 aromatic heterocycles. The number of halogens is 1. The summed E-state index contributed by atoms with van der Waals surface area (Å²) in [4.78, 5) is 20.9. The average molecular weight is 938 g/mol. The summed E-state index contributed by atoms with van der Waals surface area (Å²) < 4.78 is 58.4. The molecule has 0 amide bonds. The number of rotatable bonds is 9. The van der Waals surface area contributed by atoms with Gasteiger partial charge in [0.15, 0.2) is 22.9 Å². The topological polar surface area (TPSA) is 143 Å². The Bertz CT molecular complexity index is 2920. The van der Waals surface area contributed by atoms with Gasteiger partial charge in [0.25, 0.3) is 0 Å². The Balaban J connectivity index is 0.000000191. The zero-order valence-corrected chi connectivity index (χ0v) is 39.7. The van der Waals surface area contributed by atoms with Gasteiger partial charge in [0.1, 0.15) is 0 Å². The van der Waals surface area contributed by atoms with Crippen LogP contribution in [-0.4, -0.2) is 108 Å². The molecule has 0 spiro atoms. The fourth-order valence-electron chi connectivity index (χ4n) is 7.54. The molecular weight excluding hydrogens is 884 g/mol. The third kappa shape index (κ3) is 11.1. The molecule has 0 radical (unpaired) electrons. The second-order valence-corrected chi connectivity index (χ2v) is 21.5. The van der Waals surface area contributed by atoms with Crippen molar-refractivity contribution in [2.75, 3.05) is 76.4 Å². The predicted octanol–water partition coefficient (Wildman–Crippen LogP) is 9.16. The molecule has 0 saturated carbocycles. The first-order valence-electron chi connectivity index (χ1n) is 21.1. The van der Waals surface area contributed by atoms with Crippen LogP contribution in [0.3, 0.4) is 0 Å². The van der Waals surface area contributed by atoms with E-state index in [2.05, 4.69) is 36.9 Å². The van der Waals surface area contributed by atoms with Crippen LogP contribution in [0, 0.1) is 13.1 Å². The monoisotopic (exact) mass is 936 g/mol. The van der Waals surface area contributed by atoms with Gasteiger partial charge in [-0.15, -0.1) is 0 Å². The van der Waals surface area contributed by atoms with Crippen LogP contribution < -0.4 is 24.6 Å². The van der Waals surface area contributed by atoms with E-state index in [1.54, 1.807) is 44.5 Å². The van der Waals surface area contributed by atoms with Crippen molar-refractivity contribution >= 4 is 74.3 Å². The van der Waals surface area contributed by atoms with E-state index in [0.29, 0.717) is 37.6 Å². The lowest BCUT2D eigenvalue weighted by Crippen LogP contribution is -2.50. The first-order valence-corrected chi connectivity index (χ1v) is 25.0. The minimum atomic E-state index is -3.27. The SMILES string of the molecule is CC(C)S(=O)(=O)Cl.[C-]#[N+]c1ccc(-c2cccc3c(OC)c(N4CCN(S(=O)(=O)C(C)C)CC4)cnc23)cc1.[C-]#[N+]c1ccc(-c2cccc3c(OC)c(N4CCNCC4)cnc23)cc1. The van der Waals surface area contributed by atoms with E-state index in [1.807, 2.05) is 73.1 Å². The summed E-state index contributed by atoms with van der Waals surface area (Å²) in [6.45, 7) is 26.6. The molecule has 14 nitrogen and oxygen atoms in total. The number of aromatic nitrogens is 2. The van der Waals surface area contributed by atoms with E-state index in [1.165, 1.54) is 13.8 Å². The molecule has 0 aliphatic carbocycles. The van der Waals surface area contributed by atoms with Gasteiger partial charge in [-0.3, -0.25) is 9.97 Å². The molecule has 0 atom stereocenters. The van der Waals surface area contributed by atoms with Crippen molar-refractivity contribution in [1.82, 2.24) is 19.6 Å². The fraction of sp³-hybridized carbons (Fsp3) is 0.333. The van der Waals surface area contributed by atoms with Crippen molar-refractivity contribution in [3.05, 3.63) is 120 Å². The van der Waals surface area contributed by atoms with Crippen LogP contribution in [0.1, 0.15) is 27.7 Å². The molecule has 2 fully saturated rings. The number of sulfonamides is 1. The van der Waals surface area contributed by atoms with Crippen molar-refractivity contribution in [2.24, 2.45) is 0 Å². The van der Waals surface area contributed by atoms with Crippen LogP contribution in [-0.2, 0) is 19.1 Å². The highest BCUT2D eigenvalue weighted by Crippen LogP contribution is 2.41. The number of piperazine rings is 2. The van der Waals surface area contributed by atoms with Crippen molar-refractivity contribution in [1.29, 1.82) is 0 Å². The highest BCUT2D eigenvalue weighted by atomic mass is 35.7. The van der Waals surface area contributed by atoms with Crippen LogP contribution in [0.15, 0.2) is 97.3 Å². The molecule has 2 aliphatic heterocycles. The van der Waals surface area contributed by atoms with Gasteiger partial charge in [-0.05, 0) is 51.0 Å². The Labute approximate surface area is 386 Å². The predicted molar refractivity (Wildman–Crippen MR) is 263 cm³/mol. The van der Waals surface area contributed by atoms with Crippen LogP contribution >= 0.6 is 10.7 Å². The van der Waals surface area contributed by atoms with Gasteiger partial charge in [0, 0.05) is 84.9 Å². The number of ether oxygens (including phenoxy) is 2. The van der Waals surface area contributed by atoms with Crippen molar-refractivity contribution < 1.29 is 26.3 Å². The molecule has 8 rings (SSSR count). The van der Waals surface area contributed by atoms with Crippen LogP contribution in [0.4, 0.5) is 22.7 Å². The van der Waals surface area contributed by atoms with Crippen LogP contribution in [0.25, 0.3) is 53.7 Å². The van der Waals surface area contributed by atoms with Crippen molar-refractivity contribution in [3.8, 4) is 33.8 Å². The molecule has 1 N–H and O–H groups in total. The number of hydrogen-bond acceptors (Lipinski definition) is 11. The minimum absolute atomic E-state index is 0.423. The molecule has 4 aromatic carbocycles. The van der Waals surface area contributed by atoms with Crippen LogP contribution in [0.2, 0.25) is 0 Å². The lowest BCUT2D eigenvalue weighted by atomic mass is 10.0. The van der Waals surface area contributed by atoms with E-state index in [9.17, 15) is 16.8 Å². The van der Waals surface area contributed by atoms with Gasteiger partial charge in [-0.25, -0.2) is 26.5 Å². The molecule has 2 aliphatic rings. The second-order valence-electron chi connectivity index (χ2n) is 15.8. The molecule has 6 aromatic rings. The van der Waals surface area contributed by atoms with Crippen molar-refractivity contribution in [3.63, 3.8) is 0 Å². The van der Waals surface area contributed by atoms with E-state index in [4.69, 9.17) is 43.3 Å². The largest absolute Gasteiger partial charge is 0.494 e. The first kappa shape index (κ1) is 48.4. The summed E-state index contributed by atoms with van der Waals surface area (Å²) in [5, 5.41) is 4.40. The Morgan fingerprint density at radius 1 is 0.615 bits per heavy atom. The maximum atomic E-state index is 12.5. The van der Waals surface area contributed by atoms with E-state index in [0.717, 1.165) is 93.1 Å². The number of para-hydroxylation sites is 2. The summed E-state index contributed by atoms with van der Waals surface area (Å²) in [5.41, 5.74) is 8.93. The maximum Gasteiger partial charge on any atom is 0.234 e. The van der Waals surface area contributed by atoms with E-state index < -0.39 is 29.6 Å². The summed E-state index contributed by atoms with van der Waals surface area (Å²) in [7, 11) is 1.68. The Morgan fingerprint density at radius 2 is 1.02 bits per heavy atom. The highest BCUT2D eigenvalue weighted by molar-refractivity contribution is 8.14. The van der Waals surface area contributed by atoms with Gasteiger partial charge < -0.3 is 24.6 Å². The number of hydrogen-bond donors (Lipinski definition) is 1.